The predicted octanol–water partition coefficient (Wildman–Crippen LogP) is 1.50. The molecule has 1 aromatic rings. The van der Waals surface area contributed by atoms with E-state index in [0.717, 1.165) is 32.5 Å². The number of rotatable bonds is 2. The van der Waals surface area contributed by atoms with Gasteiger partial charge in [0.1, 0.15) is 5.82 Å². The SMILES string of the molecule is CC1CNCCN1C(=O)C1CCCN(C(=O)c2ccc(F)cc2)C1. The van der Waals surface area contributed by atoms with Crippen LogP contribution in [-0.4, -0.2) is 60.4 Å². The van der Waals surface area contributed by atoms with Crippen LogP contribution in [0.4, 0.5) is 4.39 Å². The summed E-state index contributed by atoms with van der Waals surface area (Å²) in [6, 6.07) is 5.78. The van der Waals surface area contributed by atoms with Gasteiger partial charge in [0, 0.05) is 44.3 Å². The average Bonchev–Trinajstić information content (AvgIpc) is 2.62. The molecular weight excluding hydrogens is 309 g/mol. The quantitative estimate of drug-likeness (QED) is 0.892. The number of amides is 2. The zero-order chi connectivity index (χ0) is 17.1. The summed E-state index contributed by atoms with van der Waals surface area (Å²) in [6.45, 7) is 5.51. The molecule has 2 atom stereocenters. The van der Waals surface area contributed by atoms with E-state index in [4.69, 9.17) is 0 Å². The summed E-state index contributed by atoms with van der Waals surface area (Å²) in [5.74, 6) is -0.462. The summed E-state index contributed by atoms with van der Waals surface area (Å²) in [5, 5.41) is 3.29. The summed E-state index contributed by atoms with van der Waals surface area (Å²) < 4.78 is 13.0. The summed E-state index contributed by atoms with van der Waals surface area (Å²) in [4.78, 5) is 29.1. The molecule has 2 heterocycles. The number of carbonyl (C=O) groups is 2. The Morgan fingerprint density at radius 3 is 2.67 bits per heavy atom. The molecule has 0 aromatic heterocycles. The maximum Gasteiger partial charge on any atom is 0.253 e. The number of likely N-dealkylation sites (tertiary alicyclic amines) is 1. The largest absolute Gasteiger partial charge is 0.338 e. The van der Waals surface area contributed by atoms with Crippen LogP contribution in [0.3, 0.4) is 0 Å². The summed E-state index contributed by atoms with van der Waals surface area (Å²) >= 11 is 0. The zero-order valence-corrected chi connectivity index (χ0v) is 14.0. The Kier molecular flexibility index (Phi) is 5.14. The molecule has 1 N–H and O–H groups in total. The molecule has 6 heteroatoms. The first-order valence-corrected chi connectivity index (χ1v) is 8.62. The Hall–Kier alpha value is -1.95. The van der Waals surface area contributed by atoms with E-state index < -0.39 is 0 Å². The Labute approximate surface area is 141 Å². The molecule has 130 valence electrons. The molecule has 0 aliphatic carbocycles. The van der Waals surface area contributed by atoms with Crippen molar-refractivity contribution in [1.29, 1.82) is 0 Å². The first-order chi connectivity index (χ1) is 11.6. The third kappa shape index (κ3) is 3.59. The molecule has 1 aromatic carbocycles. The van der Waals surface area contributed by atoms with Gasteiger partial charge in [-0.1, -0.05) is 0 Å². The van der Waals surface area contributed by atoms with Crippen LogP contribution in [0, 0.1) is 11.7 Å². The van der Waals surface area contributed by atoms with E-state index in [1.165, 1.54) is 24.3 Å². The van der Waals surface area contributed by atoms with Crippen molar-refractivity contribution in [3.8, 4) is 0 Å². The number of nitrogens with zero attached hydrogens (tertiary/aromatic N) is 2. The standard InChI is InChI=1S/C18H24FN3O2/c1-13-11-20-8-10-22(13)18(24)15-3-2-9-21(12-15)17(23)14-4-6-16(19)7-5-14/h4-7,13,15,20H,2-3,8-12H2,1H3. The molecule has 2 saturated heterocycles. The zero-order valence-electron chi connectivity index (χ0n) is 14.0. The topological polar surface area (TPSA) is 52.7 Å². The van der Waals surface area contributed by atoms with Gasteiger partial charge >= 0.3 is 0 Å². The van der Waals surface area contributed by atoms with E-state index in [1.807, 2.05) is 11.8 Å². The highest BCUT2D eigenvalue weighted by Crippen LogP contribution is 2.22. The second-order valence-corrected chi connectivity index (χ2v) is 6.68. The molecule has 0 spiro atoms. The number of nitrogens with one attached hydrogen (secondary N) is 1. The van der Waals surface area contributed by atoms with E-state index in [-0.39, 0.29) is 29.6 Å². The van der Waals surface area contributed by atoms with Crippen molar-refractivity contribution >= 4 is 11.8 Å². The Morgan fingerprint density at radius 1 is 1.21 bits per heavy atom. The maximum absolute atomic E-state index is 13.0. The van der Waals surface area contributed by atoms with Crippen LogP contribution in [0.5, 0.6) is 0 Å². The lowest BCUT2D eigenvalue weighted by Crippen LogP contribution is -2.55. The van der Waals surface area contributed by atoms with Gasteiger partial charge in [0.25, 0.3) is 5.91 Å². The molecule has 0 saturated carbocycles. The number of piperazine rings is 1. The molecule has 0 radical (unpaired) electrons. The Bertz CT molecular complexity index is 605. The molecule has 2 aliphatic rings. The number of carbonyl (C=O) groups excluding carboxylic acids is 2. The van der Waals surface area contributed by atoms with E-state index in [1.54, 1.807) is 4.90 Å². The van der Waals surface area contributed by atoms with Gasteiger partial charge < -0.3 is 15.1 Å². The lowest BCUT2D eigenvalue weighted by atomic mass is 9.95. The first kappa shape index (κ1) is 16.9. The normalized spacial score (nSPS) is 24.8. The van der Waals surface area contributed by atoms with Crippen LogP contribution >= 0.6 is 0 Å². The Morgan fingerprint density at radius 2 is 1.96 bits per heavy atom. The Balaban J connectivity index is 1.66. The second-order valence-electron chi connectivity index (χ2n) is 6.68. The highest BCUT2D eigenvalue weighted by atomic mass is 19.1. The van der Waals surface area contributed by atoms with Crippen molar-refractivity contribution in [2.45, 2.75) is 25.8 Å². The number of hydrogen-bond donors (Lipinski definition) is 1. The molecule has 0 bridgehead atoms. The van der Waals surface area contributed by atoms with Crippen molar-refractivity contribution < 1.29 is 14.0 Å². The highest BCUT2D eigenvalue weighted by Gasteiger charge is 2.33. The van der Waals surface area contributed by atoms with Gasteiger partial charge in [-0.2, -0.15) is 0 Å². The van der Waals surface area contributed by atoms with Gasteiger partial charge in [0.15, 0.2) is 0 Å². The lowest BCUT2D eigenvalue weighted by Gasteiger charge is -2.39. The summed E-state index contributed by atoms with van der Waals surface area (Å²) in [7, 11) is 0. The van der Waals surface area contributed by atoms with E-state index in [0.29, 0.717) is 18.7 Å². The molecule has 5 nitrogen and oxygen atoms in total. The smallest absolute Gasteiger partial charge is 0.253 e. The minimum Gasteiger partial charge on any atom is -0.338 e. The van der Waals surface area contributed by atoms with Crippen LogP contribution in [0.2, 0.25) is 0 Å². The molecule has 2 amide bonds. The highest BCUT2D eigenvalue weighted by molar-refractivity contribution is 5.94. The molecular formula is C18H24FN3O2. The summed E-state index contributed by atoms with van der Waals surface area (Å²) in [6.07, 6.45) is 1.65. The van der Waals surface area contributed by atoms with Crippen LogP contribution in [-0.2, 0) is 4.79 Å². The third-order valence-corrected chi connectivity index (χ3v) is 4.93. The predicted molar refractivity (Wildman–Crippen MR) is 89.1 cm³/mol. The van der Waals surface area contributed by atoms with Crippen molar-refractivity contribution in [3.63, 3.8) is 0 Å². The van der Waals surface area contributed by atoms with Crippen molar-refractivity contribution in [1.82, 2.24) is 15.1 Å². The second kappa shape index (κ2) is 7.30. The van der Waals surface area contributed by atoms with Gasteiger partial charge in [-0.3, -0.25) is 9.59 Å². The van der Waals surface area contributed by atoms with Crippen molar-refractivity contribution in [2.75, 3.05) is 32.7 Å². The summed E-state index contributed by atoms with van der Waals surface area (Å²) in [5.41, 5.74) is 0.472. The van der Waals surface area contributed by atoms with E-state index in [2.05, 4.69) is 5.32 Å². The van der Waals surface area contributed by atoms with Crippen LogP contribution in [0.25, 0.3) is 0 Å². The molecule has 3 rings (SSSR count). The van der Waals surface area contributed by atoms with E-state index in [9.17, 15) is 14.0 Å². The molecule has 2 fully saturated rings. The minimum absolute atomic E-state index is 0.124. The van der Waals surface area contributed by atoms with Gasteiger partial charge in [-0.05, 0) is 44.0 Å². The number of halogens is 1. The fourth-order valence-electron chi connectivity index (χ4n) is 3.54. The minimum atomic E-state index is -0.356. The van der Waals surface area contributed by atoms with Crippen LogP contribution in [0.1, 0.15) is 30.1 Å². The van der Waals surface area contributed by atoms with Gasteiger partial charge in [-0.25, -0.2) is 4.39 Å². The van der Waals surface area contributed by atoms with E-state index >= 15 is 0 Å². The number of hydrogen-bond acceptors (Lipinski definition) is 3. The number of benzene rings is 1. The molecule has 2 unspecified atom stereocenters. The van der Waals surface area contributed by atoms with Gasteiger partial charge in [0.05, 0.1) is 5.92 Å². The van der Waals surface area contributed by atoms with Crippen LogP contribution in [0.15, 0.2) is 24.3 Å². The maximum atomic E-state index is 13.0. The van der Waals surface area contributed by atoms with Gasteiger partial charge in [0.2, 0.25) is 5.91 Å². The first-order valence-electron chi connectivity index (χ1n) is 8.62. The number of piperidine rings is 1. The lowest BCUT2D eigenvalue weighted by molar-refractivity contribution is -0.139. The van der Waals surface area contributed by atoms with Crippen molar-refractivity contribution in [2.24, 2.45) is 5.92 Å². The molecule has 2 aliphatic heterocycles. The van der Waals surface area contributed by atoms with Gasteiger partial charge in [-0.15, -0.1) is 0 Å². The fraction of sp³-hybridized carbons (Fsp3) is 0.556. The van der Waals surface area contributed by atoms with Crippen LogP contribution < -0.4 is 5.32 Å². The molecule has 24 heavy (non-hydrogen) atoms. The fourth-order valence-corrected chi connectivity index (χ4v) is 3.54. The third-order valence-electron chi connectivity index (χ3n) is 4.93. The average molecular weight is 333 g/mol. The monoisotopic (exact) mass is 333 g/mol. The van der Waals surface area contributed by atoms with Crippen molar-refractivity contribution in [3.05, 3.63) is 35.6 Å².